The van der Waals surface area contributed by atoms with Gasteiger partial charge in [-0.15, -0.1) is 0 Å². The average molecular weight is 238 g/mol. The van der Waals surface area contributed by atoms with Crippen molar-refractivity contribution in [2.45, 2.75) is 70.4 Å². The maximum atomic E-state index is 3.84. The maximum Gasteiger partial charge on any atom is 0.00941 e. The summed E-state index contributed by atoms with van der Waals surface area (Å²) in [6.45, 7) is 4.91. The molecule has 0 aromatic carbocycles. The van der Waals surface area contributed by atoms with Gasteiger partial charge in [-0.2, -0.15) is 0 Å². The van der Waals surface area contributed by atoms with E-state index in [0.717, 1.165) is 18.0 Å². The van der Waals surface area contributed by atoms with Crippen LogP contribution in [0.4, 0.5) is 0 Å². The van der Waals surface area contributed by atoms with Crippen LogP contribution < -0.4 is 5.32 Å². The van der Waals surface area contributed by atoms with E-state index in [9.17, 15) is 0 Å². The molecule has 0 bridgehead atoms. The lowest BCUT2D eigenvalue weighted by atomic mass is 9.96. The van der Waals surface area contributed by atoms with Crippen molar-refractivity contribution in [3.8, 4) is 0 Å². The summed E-state index contributed by atoms with van der Waals surface area (Å²) in [4.78, 5) is 2.49. The lowest BCUT2D eigenvalue weighted by Gasteiger charge is -2.36. The molecule has 2 nitrogen and oxygen atoms in total. The fourth-order valence-corrected chi connectivity index (χ4v) is 3.38. The van der Waals surface area contributed by atoms with E-state index < -0.39 is 0 Å². The first-order valence-corrected chi connectivity index (χ1v) is 7.69. The number of hydrogen-bond acceptors (Lipinski definition) is 2. The van der Waals surface area contributed by atoms with E-state index in [4.69, 9.17) is 0 Å². The van der Waals surface area contributed by atoms with Crippen LogP contribution in [0.15, 0.2) is 0 Å². The normalized spacial score (nSPS) is 33.5. The van der Waals surface area contributed by atoms with Gasteiger partial charge in [-0.3, -0.25) is 0 Å². The van der Waals surface area contributed by atoms with Gasteiger partial charge in [-0.1, -0.05) is 25.7 Å². The van der Waals surface area contributed by atoms with E-state index in [-0.39, 0.29) is 0 Å². The van der Waals surface area contributed by atoms with E-state index >= 15 is 0 Å². The summed E-state index contributed by atoms with van der Waals surface area (Å²) in [6.07, 6.45) is 11.5. The quantitative estimate of drug-likeness (QED) is 0.760. The summed E-state index contributed by atoms with van der Waals surface area (Å²) >= 11 is 0. The van der Waals surface area contributed by atoms with Gasteiger partial charge >= 0.3 is 0 Å². The summed E-state index contributed by atoms with van der Waals surface area (Å²) in [7, 11) is 2.26. The van der Waals surface area contributed by atoms with Crippen molar-refractivity contribution in [3.05, 3.63) is 0 Å². The van der Waals surface area contributed by atoms with E-state index in [1.165, 1.54) is 64.5 Å². The molecule has 0 aromatic rings. The Labute approximate surface area is 107 Å². The summed E-state index contributed by atoms with van der Waals surface area (Å²) in [6, 6.07) is 1.54. The van der Waals surface area contributed by atoms with Gasteiger partial charge in [0.2, 0.25) is 0 Å². The number of piperidine rings is 1. The Bertz CT molecular complexity index is 209. The number of nitrogens with zero attached hydrogens (tertiary/aromatic N) is 1. The van der Waals surface area contributed by atoms with E-state index in [1.54, 1.807) is 0 Å². The minimum Gasteiger partial charge on any atom is -0.314 e. The van der Waals surface area contributed by atoms with Crippen molar-refractivity contribution >= 4 is 0 Å². The Hall–Kier alpha value is -0.0800. The van der Waals surface area contributed by atoms with E-state index in [0.29, 0.717) is 0 Å². The van der Waals surface area contributed by atoms with E-state index in [1.807, 2.05) is 0 Å². The molecule has 2 heteroatoms. The molecule has 2 atom stereocenters. The molecule has 1 aliphatic carbocycles. The Morgan fingerprint density at radius 2 is 1.76 bits per heavy atom. The molecule has 1 aliphatic heterocycles. The number of likely N-dealkylation sites (tertiary alicyclic amines) is 1. The van der Waals surface area contributed by atoms with Crippen molar-refractivity contribution in [3.63, 3.8) is 0 Å². The van der Waals surface area contributed by atoms with Crippen LogP contribution in [0.5, 0.6) is 0 Å². The highest BCUT2D eigenvalue weighted by Gasteiger charge is 2.23. The first kappa shape index (κ1) is 13.4. The topological polar surface area (TPSA) is 15.3 Å². The number of rotatable bonds is 3. The van der Waals surface area contributed by atoms with Crippen LogP contribution in [0.3, 0.4) is 0 Å². The highest BCUT2D eigenvalue weighted by molar-refractivity contribution is 4.82. The van der Waals surface area contributed by atoms with Crippen molar-refractivity contribution in [2.24, 2.45) is 5.92 Å². The van der Waals surface area contributed by atoms with Gasteiger partial charge in [0, 0.05) is 12.1 Å². The molecule has 2 fully saturated rings. The van der Waals surface area contributed by atoms with Crippen LogP contribution in [0.25, 0.3) is 0 Å². The Kier molecular flexibility index (Phi) is 5.30. The minimum atomic E-state index is 0.760. The third kappa shape index (κ3) is 4.26. The highest BCUT2D eigenvalue weighted by atomic mass is 15.1. The molecule has 1 saturated heterocycles. The second-order valence-electron chi connectivity index (χ2n) is 6.32. The highest BCUT2D eigenvalue weighted by Crippen LogP contribution is 2.23. The Morgan fingerprint density at radius 1 is 1.06 bits per heavy atom. The molecule has 17 heavy (non-hydrogen) atoms. The zero-order valence-electron chi connectivity index (χ0n) is 11.8. The monoisotopic (exact) mass is 238 g/mol. The molecule has 0 amide bonds. The van der Waals surface area contributed by atoms with Gasteiger partial charge in [-0.05, 0) is 58.7 Å². The molecule has 0 aromatic heterocycles. The van der Waals surface area contributed by atoms with Gasteiger partial charge in [-0.25, -0.2) is 0 Å². The molecule has 1 heterocycles. The van der Waals surface area contributed by atoms with Crippen LogP contribution >= 0.6 is 0 Å². The first-order valence-electron chi connectivity index (χ1n) is 7.69. The zero-order chi connectivity index (χ0) is 12.1. The van der Waals surface area contributed by atoms with Gasteiger partial charge in [0.05, 0.1) is 0 Å². The predicted molar refractivity (Wildman–Crippen MR) is 74.3 cm³/mol. The van der Waals surface area contributed by atoms with Crippen LogP contribution in [0, 0.1) is 5.92 Å². The van der Waals surface area contributed by atoms with Crippen LogP contribution in [-0.4, -0.2) is 37.1 Å². The van der Waals surface area contributed by atoms with Crippen LogP contribution in [0.1, 0.15) is 58.3 Å². The SMILES string of the molecule is CC1CC(NCC2CCCCCC2)CCN1C. The van der Waals surface area contributed by atoms with Gasteiger partial charge in [0.1, 0.15) is 0 Å². The molecular weight excluding hydrogens is 208 g/mol. The largest absolute Gasteiger partial charge is 0.314 e. The molecular formula is C15H30N2. The summed E-state index contributed by atoms with van der Waals surface area (Å²) in [5.74, 6) is 0.965. The van der Waals surface area contributed by atoms with Crippen molar-refractivity contribution in [1.29, 1.82) is 0 Å². The van der Waals surface area contributed by atoms with Gasteiger partial charge in [0.25, 0.3) is 0 Å². The van der Waals surface area contributed by atoms with Crippen LogP contribution in [0.2, 0.25) is 0 Å². The lowest BCUT2D eigenvalue weighted by Crippen LogP contribution is -2.46. The number of nitrogens with one attached hydrogen (secondary N) is 1. The molecule has 0 radical (unpaired) electrons. The first-order chi connectivity index (χ1) is 8.25. The maximum absolute atomic E-state index is 3.84. The molecule has 1 saturated carbocycles. The van der Waals surface area contributed by atoms with Gasteiger partial charge in [0.15, 0.2) is 0 Å². The molecule has 1 N–H and O–H groups in total. The fourth-order valence-electron chi connectivity index (χ4n) is 3.38. The average Bonchev–Trinajstić information content (AvgIpc) is 2.59. The van der Waals surface area contributed by atoms with Crippen molar-refractivity contribution in [1.82, 2.24) is 10.2 Å². The smallest absolute Gasteiger partial charge is 0.00941 e. The zero-order valence-corrected chi connectivity index (χ0v) is 11.8. The molecule has 0 spiro atoms. The fraction of sp³-hybridized carbons (Fsp3) is 1.00. The van der Waals surface area contributed by atoms with Crippen molar-refractivity contribution < 1.29 is 0 Å². The molecule has 2 rings (SSSR count). The summed E-state index contributed by atoms with van der Waals surface area (Å²) in [5.41, 5.74) is 0. The molecule has 2 unspecified atom stereocenters. The minimum absolute atomic E-state index is 0.760. The summed E-state index contributed by atoms with van der Waals surface area (Å²) in [5, 5.41) is 3.84. The van der Waals surface area contributed by atoms with Gasteiger partial charge < -0.3 is 10.2 Å². The third-order valence-corrected chi connectivity index (χ3v) is 4.88. The van der Waals surface area contributed by atoms with Crippen LogP contribution in [-0.2, 0) is 0 Å². The standard InChI is InChI=1S/C15H30N2/c1-13-11-15(9-10-17(13)2)16-12-14-7-5-3-4-6-8-14/h13-16H,3-12H2,1-2H3. The predicted octanol–water partition coefficient (Wildman–Crippen LogP) is 3.03. The second-order valence-corrected chi connectivity index (χ2v) is 6.32. The van der Waals surface area contributed by atoms with Crippen molar-refractivity contribution in [2.75, 3.05) is 20.1 Å². The van der Waals surface area contributed by atoms with E-state index in [2.05, 4.69) is 24.2 Å². The third-order valence-electron chi connectivity index (χ3n) is 4.88. The number of hydrogen-bond donors (Lipinski definition) is 1. The second kappa shape index (κ2) is 6.75. The lowest BCUT2D eigenvalue weighted by molar-refractivity contribution is 0.165. The Morgan fingerprint density at radius 3 is 2.41 bits per heavy atom. The molecule has 2 aliphatic rings. The molecule has 100 valence electrons. The summed E-state index contributed by atoms with van der Waals surface area (Å²) < 4.78 is 0. The Balaban J connectivity index is 1.67.